The van der Waals surface area contributed by atoms with E-state index in [2.05, 4.69) is 135 Å². The minimum atomic E-state index is -4.40. The zero-order chi connectivity index (χ0) is 54.5. The Morgan fingerprint density at radius 2 is 0.693 bits per heavy atom. The van der Waals surface area contributed by atoms with Crippen molar-refractivity contribution in [3.05, 3.63) is 122 Å². The summed E-state index contributed by atoms with van der Waals surface area (Å²) < 4.78 is 32.9. The molecule has 0 bridgehead atoms. The second kappa shape index (κ2) is 59.7. The van der Waals surface area contributed by atoms with Gasteiger partial charge in [-0.15, -0.1) is 0 Å². The summed E-state index contributed by atoms with van der Waals surface area (Å²) in [4.78, 5) is 35.1. The molecule has 3 N–H and O–H groups in total. The highest BCUT2D eigenvalue weighted by molar-refractivity contribution is 7.47. The number of rotatable bonds is 55. The van der Waals surface area contributed by atoms with Gasteiger partial charge in [0.25, 0.3) is 0 Å². The second-order valence-electron chi connectivity index (χ2n) is 19.5. The molecule has 0 saturated carbocycles. The van der Waals surface area contributed by atoms with E-state index in [1.807, 2.05) is 0 Å². The number of hydrogen-bond acceptors (Lipinski definition) is 8. The molecule has 0 aliphatic carbocycles. The topological polar surface area (TPSA) is 134 Å². The van der Waals surface area contributed by atoms with Crippen molar-refractivity contribution in [3.8, 4) is 0 Å². The molecule has 428 valence electrons. The van der Waals surface area contributed by atoms with Gasteiger partial charge in [0.15, 0.2) is 6.10 Å². The molecule has 0 spiro atoms. The van der Waals surface area contributed by atoms with E-state index in [4.69, 9.17) is 24.3 Å². The zero-order valence-corrected chi connectivity index (χ0v) is 48.6. The third-order valence-corrected chi connectivity index (χ3v) is 13.3. The number of esters is 2. The summed E-state index contributed by atoms with van der Waals surface area (Å²) in [7, 11) is -4.40. The molecule has 0 aromatic rings. The molecule has 0 aromatic carbocycles. The summed E-state index contributed by atoms with van der Waals surface area (Å²) in [6.45, 7) is 3.47. The summed E-state index contributed by atoms with van der Waals surface area (Å²) in [5.74, 6) is -0.863. The first-order chi connectivity index (χ1) is 36.8. The minimum absolute atomic E-state index is 0.0456. The monoisotopic (exact) mass is 1060 g/mol. The summed E-state index contributed by atoms with van der Waals surface area (Å²) in [6.07, 6.45) is 82.9. The third-order valence-electron chi connectivity index (χ3n) is 12.3. The fourth-order valence-corrected chi connectivity index (χ4v) is 8.75. The van der Waals surface area contributed by atoms with Gasteiger partial charge in [0.1, 0.15) is 6.61 Å². The fraction of sp³-hybridized carbons (Fsp3) is 0.662. The number of ether oxygens (including phenoxy) is 2. The van der Waals surface area contributed by atoms with Crippen LogP contribution in [0.2, 0.25) is 0 Å². The lowest BCUT2D eigenvalue weighted by Gasteiger charge is -2.19. The van der Waals surface area contributed by atoms with Crippen LogP contribution < -0.4 is 5.73 Å². The maximum absolute atomic E-state index is 12.7. The first kappa shape index (κ1) is 71.4. The van der Waals surface area contributed by atoms with Crippen LogP contribution in [-0.2, 0) is 32.7 Å². The largest absolute Gasteiger partial charge is 0.472 e. The van der Waals surface area contributed by atoms with Crippen molar-refractivity contribution in [2.24, 2.45) is 5.73 Å². The standard InChI is InChI=1S/C65H110NO8P/c1-3-5-7-9-11-13-15-17-18-19-20-21-22-23-24-25-26-27-28-29-30-31-32-33-34-35-36-37-38-39-40-41-42-43-44-46-48-50-52-54-56-58-65(68)74-63(62-73-75(69,70)72-60-59-66)61-71-64(67)57-55-53-51-49-47-45-16-14-12-10-8-6-4-2/h5-8,11-14,17-18,20-21,23-24,26-27,29-30,45,47,63H,3-4,9-10,15-16,19,22,25,28,31-44,46,48-62,66H2,1-2H3,(H,69,70)/b7-5-,8-6-,13-11-,14-12-,18-17-,21-20-,24-23-,27-26-,30-29-,47-45-. The van der Waals surface area contributed by atoms with Crippen LogP contribution in [0.1, 0.15) is 245 Å². The first-order valence-corrected chi connectivity index (χ1v) is 31.5. The molecule has 0 radical (unpaired) electrons. The van der Waals surface area contributed by atoms with Crippen LogP contribution >= 0.6 is 7.82 Å². The normalized spacial score (nSPS) is 13.9. The van der Waals surface area contributed by atoms with Crippen LogP contribution in [0.25, 0.3) is 0 Å². The predicted octanol–water partition coefficient (Wildman–Crippen LogP) is 19.2. The Balaban J connectivity index is 3.83. The average Bonchev–Trinajstić information content (AvgIpc) is 3.40. The molecule has 0 aliphatic heterocycles. The van der Waals surface area contributed by atoms with Crippen LogP contribution in [0.3, 0.4) is 0 Å². The summed E-state index contributed by atoms with van der Waals surface area (Å²) in [5, 5.41) is 0. The Morgan fingerprint density at radius 1 is 0.400 bits per heavy atom. The molecule has 2 atom stereocenters. The lowest BCUT2D eigenvalue weighted by Crippen LogP contribution is -2.29. The van der Waals surface area contributed by atoms with Gasteiger partial charge in [-0.3, -0.25) is 18.6 Å². The van der Waals surface area contributed by atoms with Crippen LogP contribution in [0, 0.1) is 0 Å². The van der Waals surface area contributed by atoms with Gasteiger partial charge in [-0.05, 0) is 103 Å². The van der Waals surface area contributed by atoms with Gasteiger partial charge in [0.05, 0.1) is 13.2 Å². The number of phosphoric ester groups is 1. The van der Waals surface area contributed by atoms with E-state index in [0.29, 0.717) is 12.8 Å². The van der Waals surface area contributed by atoms with E-state index >= 15 is 0 Å². The van der Waals surface area contributed by atoms with Crippen LogP contribution in [0.15, 0.2) is 122 Å². The third kappa shape index (κ3) is 59.5. The molecule has 0 rings (SSSR count). The zero-order valence-electron chi connectivity index (χ0n) is 47.7. The van der Waals surface area contributed by atoms with Crippen LogP contribution in [0.4, 0.5) is 0 Å². The van der Waals surface area contributed by atoms with Crippen molar-refractivity contribution in [1.29, 1.82) is 0 Å². The SMILES string of the molecule is CC/C=C\C/C=C\C/C=C\C/C=C\C/C=C\C/C=C\C/C=C\CCCCCCCCCCCCCCCCCCCCCC(=O)OC(COC(=O)CCCCC/C=C\C/C=C\C/C=C\CC)COP(=O)(O)OCCN. The van der Waals surface area contributed by atoms with Crippen molar-refractivity contribution in [1.82, 2.24) is 0 Å². The van der Waals surface area contributed by atoms with E-state index < -0.39 is 32.5 Å². The minimum Gasteiger partial charge on any atom is -0.462 e. The highest BCUT2D eigenvalue weighted by atomic mass is 31.2. The Bertz CT molecular complexity index is 1640. The second-order valence-corrected chi connectivity index (χ2v) is 20.9. The van der Waals surface area contributed by atoms with Crippen molar-refractivity contribution >= 4 is 19.8 Å². The Hall–Kier alpha value is -3.59. The Morgan fingerprint density at radius 3 is 1.04 bits per heavy atom. The molecule has 0 saturated heterocycles. The molecule has 2 unspecified atom stereocenters. The number of carbonyl (C=O) groups is 2. The maximum atomic E-state index is 12.7. The van der Waals surface area contributed by atoms with E-state index in [1.54, 1.807) is 0 Å². The average molecular weight is 1060 g/mol. The number of unbranched alkanes of at least 4 members (excludes halogenated alkanes) is 22. The van der Waals surface area contributed by atoms with Crippen molar-refractivity contribution in [2.45, 2.75) is 251 Å². The molecule has 10 heteroatoms. The quantitative estimate of drug-likeness (QED) is 0.0264. The highest BCUT2D eigenvalue weighted by Gasteiger charge is 2.26. The maximum Gasteiger partial charge on any atom is 0.472 e. The summed E-state index contributed by atoms with van der Waals surface area (Å²) >= 11 is 0. The number of nitrogens with two attached hydrogens (primary N) is 1. The van der Waals surface area contributed by atoms with Gasteiger partial charge in [-0.25, -0.2) is 4.57 Å². The van der Waals surface area contributed by atoms with Gasteiger partial charge in [0.2, 0.25) is 0 Å². The van der Waals surface area contributed by atoms with E-state index in [1.165, 1.54) is 103 Å². The molecule has 0 heterocycles. The lowest BCUT2D eigenvalue weighted by molar-refractivity contribution is -0.161. The van der Waals surface area contributed by atoms with E-state index in [9.17, 15) is 19.0 Å². The molecule has 75 heavy (non-hydrogen) atoms. The summed E-state index contributed by atoms with van der Waals surface area (Å²) in [6, 6.07) is 0. The van der Waals surface area contributed by atoms with Crippen molar-refractivity contribution in [3.63, 3.8) is 0 Å². The molecule has 9 nitrogen and oxygen atoms in total. The van der Waals surface area contributed by atoms with Gasteiger partial charge < -0.3 is 20.1 Å². The number of hydrogen-bond donors (Lipinski definition) is 2. The number of allylic oxidation sites excluding steroid dienone is 20. The molecular weight excluding hydrogens is 954 g/mol. The van der Waals surface area contributed by atoms with E-state index in [0.717, 1.165) is 103 Å². The fourth-order valence-electron chi connectivity index (χ4n) is 7.98. The first-order valence-electron chi connectivity index (χ1n) is 30.0. The lowest BCUT2D eigenvalue weighted by atomic mass is 10.0. The Kier molecular flexibility index (Phi) is 56.8. The van der Waals surface area contributed by atoms with Crippen LogP contribution in [0.5, 0.6) is 0 Å². The number of carbonyl (C=O) groups excluding carboxylic acids is 2. The Labute approximate surface area is 460 Å². The van der Waals surface area contributed by atoms with Crippen molar-refractivity contribution < 1.29 is 37.6 Å². The highest BCUT2D eigenvalue weighted by Crippen LogP contribution is 2.43. The molecule has 0 amide bonds. The smallest absolute Gasteiger partial charge is 0.462 e. The molecule has 0 aliphatic rings. The van der Waals surface area contributed by atoms with Gasteiger partial charge in [-0.2, -0.15) is 0 Å². The number of phosphoric acid groups is 1. The summed E-state index contributed by atoms with van der Waals surface area (Å²) in [5.41, 5.74) is 5.37. The van der Waals surface area contributed by atoms with Crippen molar-refractivity contribution in [2.75, 3.05) is 26.4 Å². The van der Waals surface area contributed by atoms with Gasteiger partial charge in [-0.1, -0.05) is 251 Å². The van der Waals surface area contributed by atoms with Gasteiger partial charge >= 0.3 is 19.8 Å². The molecule has 0 aromatic heterocycles. The van der Waals surface area contributed by atoms with Crippen LogP contribution in [-0.4, -0.2) is 49.3 Å². The predicted molar refractivity (Wildman–Crippen MR) is 321 cm³/mol. The van der Waals surface area contributed by atoms with E-state index in [-0.39, 0.29) is 32.6 Å². The molecular formula is C65H110NO8P. The molecule has 0 fully saturated rings. The van der Waals surface area contributed by atoms with Gasteiger partial charge in [0, 0.05) is 19.4 Å².